The van der Waals surface area contributed by atoms with Gasteiger partial charge < -0.3 is 9.47 Å². The Hall–Kier alpha value is -2.29. The molecule has 0 aromatic heterocycles. The molecule has 2 aromatic carbocycles. The lowest BCUT2D eigenvalue weighted by atomic mass is 9.94. The second kappa shape index (κ2) is 5.48. The van der Waals surface area contributed by atoms with Crippen molar-refractivity contribution < 1.29 is 14.3 Å². The summed E-state index contributed by atoms with van der Waals surface area (Å²) in [5.41, 5.74) is 2.47. The molecule has 0 spiro atoms. The molecule has 1 aliphatic rings. The number of carbonyl (C=O) groups excluding carboxylic acids is 1. The first-order valence-corrected chi connectivity index (χ1v) is 7.54. The van der Waals surface area contributed by atoms with Crippen LogP contribution >= 0.6 is 0 Å². The summed E-state index contributed by atoms with van der Waals surface area (Å²) in [5, 5.41) is 0. The lowest BCUT2D eigenvalue weighted by Crippen LogP contribution is -2.32. The van der Waals surface area contributed by atoms with Crippen LogP contribution in [0.25, 0.3) is 0 Å². The maximum absolute atomic E-state index is 12.3. The second-order valence-electron chi connectivity index (χ2n) is 6.34. The maximum atomic E-state index is 12.3. The summed E-state index contributed by atoms with van der Waals surface area (Å²) in [7, 11) is 0. The number of aryl methyl sites for hydroxylation is 2. The number of carbonyl (C=O) groups is 1. The fraction of sp³-hybridized carbons (Fsp3) is 0.316. The van der Waals surface area contributed by atoms with Gasteiger partial charge in [0.05, 0.1) is 5.56 Å². The van der Waals surface area contributed by atoms with E-state index >= 15 is 0 Å². The van der Waals surface area contributed by atoms with Crippen molar-refractivity contribution in [3.8, 4) is 11.5 Å². The molecule has 0 unspecified atom stereocenters. The molecule has 3 heteroatoms. The molecule has 0 saturated heterocycles. The van der Waals surface area contributed by atoms with Crippen LogP contribution in [-0.2, 0) is 6.42 Å². The van der Waals surface area contributed by atoms with Crippen LogP contribution in [0.5, 0.6) is 11.5 Å². The summed E-state index contributed by atoms with van der Waals surface area (Å²) >= 11 is 0. The Morgan fingerprint density at radius 1 is 1.18 bits per heavy atom. The average Bonchev–Trinajstić information content (AvgIpc) is 2.47. The Kier molecular flexibility index (Phi) is 3.65. The number of hydrogen-bond acceptors (Lipinski definition) is 3. The molecule has 0 saturated carbocycles. The van der Waals surface area contributed by atoms with Gasteiger partial charge in [0.25, 0.3) is 0 Å². The first-order valence-electron chi connectivity index (χ1n) is 7.54. The van der Waals surface area contributed by atoms with Gasteiger partial charge in [0.15, 0.2) is 0 Å². The SMILES string of the molecule is Cc1ccccc1C(=O)Oc1ccc2c(c1)CCC(C)(C)O2. The summed E-state index contributed by atoms with van der Waals surface area (Å²) in [6.45, 7) is 6.07. The third-order valence-electron chi connectivity index (χ3n) is 3.99. The Morgan fingerprint density at radius 3 is 2.73 bits per heavy atom. The molecular formula is C19H20O3. The normalized spacial score (nSPS) is 15.6. The zero-order valence-electron chi connectivity index (χ0n) is 13.2. The van der Waals surface area contributed by atoms with Crippen molar-refractivity contribution in [1.82, 2.24) is 0 Å². The summed E-state index contributed by atoms with van der Waals surface area (Å²) in [4.78, 5) is 12.3. The molecule has 0 atom stereocenters. The van der Waals surface area contributed by atoms with Crippen LogP contribution in [0.3, 0.4) is 0 Å². The van der Waals surface area contributed by atoms with Crippen LogP contribution in [0.2, 0.25) is 0 Å². The highest BCUT2D eigenvalue weighted by Crippen LogP contribution is 2.35. The van der Waals surface area contributed by atoms with Gasteiger partial charge in [-0.1, -0.05) is 18.2 Å². The van der Waals surface area contributed by atoms with Crippen molar-refractivity contribution in [2.24, 2.45) is 0 Å². The predicted octanol–water partition coefficient (Wildman–Crippen LogP) is 4.32. The molecule has 0 radical (unpaired) electrons. The van der Waals surface area contributed by atoms with Gasteiger partial charge in [-0.3, -0.25) is 0 Å². The average molecular weight is 296 g/mol. The Morgan fingerprint density at radius 2 is 1.95 bits per heavy atom. The van der Waals surface area contributed by atoms with Gasteiger partial charge >= 0.3 is 5.97 Å². The highest BCUT2D eigenvalue weighted by atomic mass is 16.5. The van der Waals surface area contributed by atoms with E-state index in [2.05, 4.69) is 13.8 Å². The van der Waals surface area contributed by atoms with E-state index in [0.29, 0.717) is 11.3 Å². The minimum atomic E-state index is -0.324. The third-order valence-corrected chi connectivity index (χ3v) is 3.99. The standard InChI is InChI=1S/C19H20O3/c1-13-6-4-5-7-16(13)18(20)21-15-8-9-17-14(12-15)10-11-19(2,3)22-17/h4-9,12H,10-11H2,1-3H3. The molecule has 0 N–H and O–H groups in total. The molecule has 0 aliphatic carbocycles. The van der Waals surface area contributed by atoms with Crippen molar-refractivity contribution in [3.63, 3.8) is 0 Å². The molecule has 0 amide bonds. The zero-order valence-corrected chi connectivity index (χ0v) is 13.2. The molecule has 1 heterocycles. The van der Waals surface area contributed by atoms with Crippen LogP contribution in [0.15, 0.2) is 42.5 Å². The van der Waals surface area contributed by atoms with Crippen LogP contribution < -0.4 is 9.47 Å². The fourth-order valence-corrected chi connectivity index (χ4v) is 2.66. The van der Waals surface area contributed by atoms with E-state index in [4.69, 9.17) is 9.47 Å². The molecule has 3 rings (SSSR count). The monoisotopic (exact) mass is 296 g/mol. The molecule has 2 aromatic rings. The lowest BCUT2D eigenvalue weighted by molar-refractivity contribution is 0.0726. The van der Waals surface area contributed by atoms with Crippen molar-refractivity contribution in [3.05, 3.63) is 59.2 Å². The number of esters is 1. The van der Waals surface area contributed by atoms with Gasteiger partial charge in [0.2, 0.25) is 0 Å². The number of rotatable bonds is 2. The fourth-order valence-electron chi connectivity index (χ4n) is 2.66. The Labute approximate surface area is 130 Å². The first kappa shape index (κ1) is 14.6. The van der Waals surface area contributed by atoms with Gasteiger partial charge in [-0.2, -0.15) is 0 Å². The molecule has 0 bridgehead atoms. The van der Waals surface area contributed by atoms with Crippen LogP contribution in [-0.4, -0.2) is 11.6 Å². The Bertz CT molecular complexity index is 716. The predicted molar refractivity (Wildman–Crippen MR) is 85.6 cm³/mol. The van der Waals surface area contributed by atoms with E-state index < -0.39 is 0 Å². The van der Waals surface area contributed by atoms with Crippen LogP contribution in [0, 0.1) is 6.92 Å². The molecule has 3 nitrogen and oxygen atoms in total. The maximum Gasteiger partial charge on any atom is 0.343 e. The number of fused-ring (bicyclic) bond motifs is 1. The van der Waals surface area contributed by atoms with E-state index in [1.807, 2.05) is 37.3 Å². The van der Waals surface area contributed by atoms with Crippen LogP contribution in [0.1, 0.15) is 41.8 Å². The van der Waals surface area contributed by atoms with E-state index in [9.17, 15) is 4.79 Å². The number of benzene rings is 2. The van der Waals surface area contributed by atoms with E-state index in [-0.39, 0.29) is 11.6 Å². The molecule has 0 fully saturated rings. The number of hydrogen-bond donors (Lipinski definition) is 0. The molecule has 22 heavy (non-hydrogen) atoms. The van der Waals surface area contributed by atoms with Crippen molar-refractivity contribution >= 4 is 5.97 Å². The molecule has 114 valence electrons. The smallest absolute Gasteiger partial charge is 0.343 e. The minimum absolute atomic E-state index is 0.133. The highest BCUT2D eigenvalue weighted by Gasteiger charge is 2.26. The minimum Gasteiger partial charge on any atom is -0.488 e. The van der Waals surface area contributed by atoms with Gasteiger partial charge in [0.1, 0.15) is 17.1 Å². The van der Waals surface area contributed by atoms with E-state index in [1.54, 1.807) is 12.1 Å². The van der Waals surface area contributed by atoms with Gasteiger partial charge in [-0.15, -0.1) is 0 Å². The lowest BCUT2D eigenvalue weighted by Gasteiger charge is -2.32. The van der Waals surface area contributed by atoms with E-state index in [0.717, 1.165) is 29.7 Å². The largest absolute Gasteiger partial charge is 0.488 e. The Balaban J connectivity index is 1.80. The first-order chi connectivity index (χ1) is 10.4. The van der Waals surface area contributed by atoms with Crippen molar-refractivity contribution in [2.45, 2.75) is 39.2 Å². The van der Waals surface area contributed by atoms with Crippen LogP contribution in [0.4, 0.5) is 0 Å². The van der Waals surface area contributed by atoms with Crippen molar-refractivity contribution in [1.29, 1.82) is 0 Å². The quantitative estimate of drug-likeness (QED) is 0.611. The highest BCUT2D eigenvalue weighted by molar-refractivity contribution is 5.92. The second-order valence-corrected chi connectivity index (χ2v) is 6.34. The summed E-state index contributed by atoms with van der Waals surface area (Å²) < 4.78 is 11.4. The van der Waals surface area contributed by atoms with E-state index in [1.165, 1.54) is 0 Å². The third kappa shape index (κ3) is 2.98. The van der Waals surface area contributed by atoms with Gasteiger partial charge in [-0.05, 0) is 69.0 Å². The number of ether oxygens (including phenoxy) is 2. The zero-order chi connectivity index (χ0) is 15.7. The summed E-state index contributed by atoms with van der Waals surface area (Å²) in [6, 6.07) is 13.0. The summed E-state index contributed by atoms with van der Waals surface area (Å²) in [6.07, 6.45) is 1.88. The summed E-state index contributed by atoms with van der Waals surface area (Å²) in [5.74, 6) is 1.12. The molecular weight excluding hydrogens is 276 g/mol. The topological polar surface area (TPSA) is 35.5 Å². The van der Waals surface area contributed by atoms with Gasteiger partial charge in [-0.25, -0.2) is 4.79 Å². The van der Waals surface area contributed by atoms with Gasteiger partial charge in [0, 0.05) is 0 Å². The molecule has 1 aliphatic heterocycles. The van der Waals surface area contributed by atoms with Crippen molar-refractivity contribution in [2.75, 3.05) is 0 Å².